The smallest absolute Gasteiger partial charge is 0.127 e. The van der Waals surface area contributed by atoms with Gasteiger partial charge in [0.2, 0.25) is 0 Å². The summed E-state index contributed by atoms with van der Waals surface area (Å²) < 4.78 is 25.8. The van der Waals surface area contributed by atoms with Crippen LogP contribution in [0.25, 0.3) is 0 Å². The SMILES string of the molecule is Cc1cccc(COCC[C@@H]2CCOC23CN(Cc2ccccc2F)C3)n1. The molecule has 1 atom stereocenters. The molecule has 0 radical (unpaired) electrons. The third-order valence-electron chi connectivity index (χ3n) is 5.74. The number of halogens is 1. The number of aromatic nitrogens is 1. The summed E-state index contributed by atoms with van der Waals surface area (Å²) in [7, 11) is 0. The van der Waals surface area contributed by atoms with E-state index >= 15 is 0 Å². The van der Waals surface area contributed by atoms with Gasteiger partial charge >= 0.3 is 0 Å². The second-order valence-electron chi connectivity index (χ2n) is 7.75. The maximum absolute atomic E-state index is 13.8. The van der Waals surface area contributed by atoms with Gasteiger partial charge in [-0.05, 0) is 43.9 Å². The number of rotatable bonds is 7. The molecule has 2 fully saturated rings. The monoisotopic (exact) mass is 370 g/mol. The van der Waals surface area contributed by atoms with Crippen LogP contribution in [0.3, 0.4) is 0 Å². The summed E-state index contributed by atoms with van der Waals surface area (Å²) in [5.41, 5.74) is 2.70. The van der Waals surface area contributed by atoms with Crippen molar-refractivity contribution in [3.8, 4) is 0 Å². The largest absolute Gasteiger partial charge is 0.375 e. The lowest BCUT2D eigenvalue weighted by atomic mass is 9.79. The number of hydrogen-bond donors (Lipinski definition) is 0. The normalized spacial score (nSPS) is 21.5. The van der Waals surface area contributed by atoms with Crippen molar-refractivity contribution < 1.29 is 13.9 Å². The van der Waals surface area contributed by atoms with Crippen molar-refractivity contribution in [2.24, 2.45) is 5.92 Å². The van der Waals surface area contributed by atoms with E-state index in [0.717, 1.165) is 56.1 Å². The molecule has 4 nitrogen and oxygen atoms in total. The zero-order valence-electron chi connectivity index (χ0n) is 15.9. The molecule has 3 heterocycles. The van der Waals surface area contributed by atoms with Crippen LogP contribution in [0.15, 0.2) is 42.5 Å². The zero-order chi connectivity index (χ0) is 18.7. The minimum absolute atomic E-state index is 0.0593. The van der Waals surface area contributed by atoms with Crippen molar-refractivity contribution in [1.29, 1.82) is 0 Å². The molecule has 2 aromatic rings. The maximum Gasteiger partial charge on any atom is 0.127 e. The van der Waals surface area contributed by atoms with Gasteiger partial charge in [0, 0.05) is 44.1 Å². The Morgan fingerprint density at radius 2 is 2.07 bits per heavy atom. The molecule has 0 unspecified atom stereocenters. The van der Waals surface area contributed by atoms with Crippen LogP contribution in [0.4, 0.5) is 4.39 Å². The molecule has 5 heteroatoms. The van der Waals surface area contributed by atoms with E-state index in [9.17, 15) is 4.39 Å². The summed E-state index contributed by atoms with van der Waals surface area (Å²) in [6.45, 7) is 6.50. The van der Waals surface area contributed by atoms with Crippen molar-refractivity contribution in [2.75, 3.05) is 26.3 Å². The molecule has 2 aliphatic rings. The standard InChI is InChI=1S/C22H27FN2O2/c1-17-5-4-7-20(24-17)14-26-11-9-19-10-12-27-22(19)15-25(16-22)13-18-6-2-3-8-21(18)23/h2-8,19H,9-16H2,1H3/t19-/m1/s1. The molecule has 27 heavy (non-hydrogen) atoms. The minimum atomic E-state index is -0.125. The van der Waals surface area contributed by atoms with Gasteiger partial charge in [-0.25, -0.2) is 4.39 Å². The molecule has 1 aromatic heterocycles. The molecule has 0 N–H and O–H groups in total. The molecule has 2 saturated heterocycles. The van der Waals surface area contributed by atoms with Crippen LogP contribution in [0.2, 0.25) is 0 Å². The van der Waals surface area contributed by atoms with E-state index in [-0.39, 0.29) is 11.4 Å². The first-order valence-electron chi connectivity index (χ1n) is 9.75. The third kappa shape index (κ3) is 4.21. The molecule has 2 aliphatic heterocycles. The molecule has 0 amide bonds. The lowest BCUT2D eigenvalue weighted by molar-refractivity contribution is -0.139. The van der Waals surface area contributed by atoms with Gasteiger partial charge in [-0.2, -0.15) is 0 Å². The summed E-state index contributed by atoms with van der Waals surface area (Å²) in [5.74, 6) is 0.389. The van der Waals surface area contributed by atoms with Crippen LogP contribution in [0.1, 0.15) is 29.8 Å². The Morgan fingerprint density at radius 1 is 1.22 bits per heavy atom. The molecule has 1 aromatic carbocycles. The number of benzene rings is 1. The molecule has 0 saturated carbocycles. The molecule has 4 rings (SSSR count). The van der Waals surface area contributed by atoms with E-state index < -0.39 is 0 Å². The fraction of sp³-hybridized carbons (Fsp3) is 0.500. The average Bonchev–Trinajstić information content (AvgIpc) is 3.04. The third-order valence-corrected chi connectivity index (χ3v) is 5.74. The highest BCUT2D eigenvalue weighted by Gasteiger charge is 2.52. The number of nitrogens with zero attached hydrogens (tertiary/aromatic N) is 2. The first-order chi connectivity index (χ1) is 13.1. The molecule has 0 bridgehead atoms. The Balaban J connectivity index is 1.23. The Morgan fingerprint density at radius 3 is 2.89 bits per heavy atom. The first kappa shape index (κ1) is 18.5. The molecule has 144 valence electrons. The van der Waals surface area contributed by atoms with E-state index in [2.05, 4.69) is 9.88 Å². The van der Waals surface area contributed by atoms with Crippen LogP contribution < -0.4 is 0 Å². The molecule has 0 aliphatic carbocycles. The van der Waals surface area contributed by atoms with Crippen LogP contribution in [0.5, 0.6) is 0 Å². The highest BCUT2D eigenvalue weighted by molar-refractivity contribution is 5.18. The lowest BCUT2D eigenvalue weighted by Crippen LogP contribution is -2.64. The average molecular weight is 370 g/mol. The highest BCUT2D eigenvalue weighted by Crippen LogP contribution is 2.42. The highest BCUT2D eigenvalue weighted by atomic mass is 19.1. The van der Waals surface area contributed by atoms with Crippen LogP contribution in [-0.2, 0) is 22.6 Å². The Labute approximate surface area is 160 Å². The second-order valence-corrected chi connectivity index (χ2v) is 7.75. The van der Waals surface area contributed by atoms with E-state index in [4.69, 9.17) is 9.47 Å². The Bertz CT molecular complexity index is 776. The summed E-state index contributed by atoms with van der Waals surface area (Å²) >= 11 is 0. The van der Waals surface area contributed by atoms with E-state index in [1.165, 1.54) is 6.07 Å². The maximum atomic E-state index is 13.8. The van der Waals surface area contributed by atoms with Crippen LogP contribution in [-0.4, -0.2) is 41.8 Å². The van der Waals surface area contributed by atoms with Crippen molar-refractivity contribution in [1.82, 2.24) is 9.88 Å². The summed E-state index contributed by atoms with van der Waals surface area (Å²) in [6, 6.07) is 13.0. The van der Waals surface area contributed by atoms with Gasteiger partial charge in [0.25, 0.3) is 0 Å². The molecular weight excluding hydrogens is 343 g/mol. The van der Waals surface area contributed by atoms with E-state index in [1.807, 2.05) is 37.3 Å². The van der Waals surface area contributed by atoms with Crippen molar-refractivity contribution in [2.45, 2.75) is 38.5 Å². The van der Waals surface area contributed by atoms with Gasteiger partial charge in [-0.3, -0.25) is 9.88 Å². The lowest BCUT2D eigenvalue weighted by Gasteiger charge is -2.50. The van der Waals surface area contributed by atoms with E-state index in [0.29, 0.717) is 19.1 Å². The summed E-state index contributed by atoms with van der Waals surface area (Å²) in [4.78, 5) is 6.74. The van der Waals surface area contributed by atoms with Crippen LogP contribution >= 0.6 is 0 Å². The number of aryl methyl sites for hydroxylation is 1. The Hall–Kier alpha value is -1.82. The van der Waals surface area contributed by atoms with Gasteiger partial charge in [0.15, 0.2) is 0 Å². The molecular formula is C22H27FN2O2. The topological polar surface area (TPSA) is 34.6 Å². The predicted octanol–water partition coefficient (Wildman–Crippen LogP) is 3.73. The second kappa shape index (κ2) is 8.05. The molecule has 1 spiro atoms. The fourth-order valence-corrected chi connectivity index (χ4v) is 4.31. The van der Waals surface area contributed by atoms with Gasteiger partial charge in [0.05, 0.1) is 17.9 Å². The quantitative estimate of drug-likeness (QED) is 0.696. The number of ether oxygens (including phenoxy) is 2. The zero-order valence-corrected chi connectivity index (χ0v) is 15.9. The Kier molecular flexibility index (Phi) is 5.53. The first-order valence-corrected chi connectivity index (χ1v) is 9.75. The summed E-state index contributed by atoms with van der Waals surface area (Å²) in [6.07, 6.45) is 2.08. The number of likely N-dealkylation sites (tertiary alicyclic amines) is 1. The van der Waals surface area contributed by atoms with Crippen molar-refractivity contribution in [3.05, 3.63) is 65.2 Å². The predicted molar refractivity (Wildman–Crippen MR) is 102 cm³/mol. The van der Waals surface area contributed by atoms with Crippen molar-refractivity contribution in [3.63, 3.8) is 0 Å². The number of pyridine rings is 1. The van der Waals surface area contributed by atoms with Gasteiger partial charge in [-0.1, -0.05) is 24.3 Å². The van der Waals surface area contributed by atoms with Gasteiger partial charge in [0.1, 0.15) is 5.82 Å². The van der Waals surface area contributed by atoms with Gasteiger partial charge < -0.3 is 9.47 Å². The number of hydrogen-bond acceptors (Lipinski definition) is 4. The van der Waals surface area contributed by atoms with Crippen molar-refractivity contribution >= 4 is 0 Å². The minimum Gasteiger partial charge on any atom is -0.375 e. The fourth-order valence-electron chi connectivity index (χ4n) is 4.31. The summed E-state index contributed by atoms with van der Waals surface area (Å²) in [5, 5.41) is 0. The van der Waals surface area contributed by atoms with Gasteiger partial charge in [-0.15, -0.1) is 0 Å². The van der Waals surface area contributed by atoms with E-state index in [1.54, 1.807) is 6.07 Å². The van der Waals surface area contributed by atoms with Crippen LogP contribution in [0, 0.1) is 18.7 Å².